The second-order valence-electron chi connectivity index (χ2n) is 38.9. The van der Waals surface area contributed by atoms with E-state index in [-0.39, 0.29) is 26.4 Å². The van der Waals surface area contributed by atoms with Crippen LogP contribution in [0.3, 0.4) is 0 Å². The zero-order valence-corrected chi connectivity index (χ0v) is 83.7. The molecule has 0 atom stereocenters. The SMILES string of the molecule is C=CC(=O)OCCCc1cc2c(OCCCCCCCCCCCCCCCCCC)c(c1)Cc1cc(CCCO)cc(c1OCCCCCCCCCCCCCCCCCC)Cc1cc(CCCOC(=O)C=C)cc(c1OCCCCCCCCCCCCCCCCCC)Cc1cc(CCCO)cc(c1OCCCCCCCCCCCCCCCCCC)C2. The molecule has 128 heavy (non-hydrogen) atoms. The van der Waals surface area contributed by atoms with Gasteiger partial charge in [-0.05, 0) is 144 Å². The molecule has 1 aliphatic carbocycles. The summed E-state index contributed by atoms with van der Waals surface area (Å²) in [7, 11) is 0. The van der Waals surface area contributed by atoms with Crippen molar-refractivity contribution in [2.45, 2.75) is 516 Å². The quantitative estimate of drug-likeness (QED) is 0.0220. The molecule has 2 N–H and O–H groups in total. The van der Waals surface area contributed by atoms with Gasteiger partial charge in [0.1, 0.15) is 23.0 Å². The first-order valence-electron chi connectivity index (χ1n) is 55.1. The molecular weight excluding hydrogens is 1580 g/mol. The summed E-state index contributed by atoms with van der Waals surface area (Å²) < 4.78 is 41.5. The van der Waals surface area contributed by atoms with Gasteiger partial charge in [0.05, 0.1) is 39.6 Å². The van der Waals surface area contributed by atoms with Crippen LogP contribution in [0.1, 0.15) is 531 Å². The van der Waals surface area contributed by atoms with Gasteiger partial charge in [-0.15, -0.1) is 0 Å². The molecule has 4 aromatic rings. The zero-order chi connectivity index (χ0) is 91.1. The molecule has 0 aliphatic heterocycles. The van der Waals surface area contributed by atoms with Crippen molar-refractivity contribution in [2.75, 3.05) is 52.9 Å². The Morgan fingerprint density at radius 3 is 0.523 bits per heavy atom. The van der Waals surface area contributed by atoms with E-state index < -0.39 is 11.9 Å². The lowest BCUT2D eigenvalue weighted by molar-refractivity contribution is -0.138. The number of carbonyl (C=O) groups is 2. The molecule has 0 aromatic heterocycles. The number of rotatable bonds is 88. The fourth-order valence-corrected chi connectivity index (χ4v) is 19.4. The lowest BCUT2D eigenvalue weighted by Crippen LogP contribution is -2.12. The number of hydrogen-bond donors (Lipinski definition) is 2. The number of ether oxygens (including phenoxy) is 6. The number of esters is 2. The van der Waals surface area contributed by atoms with Crippen molar-refractivity contribution >= 4 is 11.9 Å². The van der Waals surface area contributed by atoms with Crippen LogP contribution in [0, 0.1) is 0 Å². The maximum atomic E-state index is 12.6. The minimum Gasteiger partial charge on any atom is -0.493 e. The average molecular weight is 1770 g/mol. The van der Waals surface area contributed by atoms with E-state index in [9.17, 15) is 19.8 Å². The van der Waals surface area contributed by atoms with Crippen LogP contribution in [0.5, 0.6) is 23.0 Å². The van der Waals surface area contributed by atoms with E-state index in [1.165, 1.54) is 383 Å². The molecule has 5 rings (SSSR count). The van der Waals surface area contributed by atoms with Crippen molar-refractivity contribution < 1.29 is 48.2 Å². The van der Waals surface area contributed by atoms with E-state index in [4.69, 9.17) is 28.4 Å². The van der Waals surface area contributed by atoms with E-state index in [0.717, 1.165) is 130 Å². The standard InChI is InChI=1S/C118H196O10/c1-7-13-17-21-25-29-33-37-41-45-49-53-57-61-65-69-83-125-115-105-89-101(77-73-81-119)90-106(115)98-110-94-104(80-76-88-124-114(122)12-6)96-112(118(110)128-86-72-68-64-60-56-52-48-44-40-36-32-28-24-20-16-10-4)100-108-92-102(78-74-82-120)91-107(116(108)126-84-70-66-62-58-54-50-46-42-38-34-30-26-22-18-14-8-2)99-111-95-103(79-75-87-123-113(121)11-5)93-109(97-105)117(111)127-85-71-67-63-59-55-51-47-43-39-35-31-27-23-19-15-9-3/h11-12,89-96,119-120H,5-10,13-88,97-100H2,1-4H3. The first-order chi connectivity index (χ1) is 63.2. The Morgan fingerprint density at radius 1 is 0.227 bits per heavy atom. The summed E-state index contributed by atoms with van der Waals surface area (Å²) in [5, 5.41) is 21.4. The van der Waals surface area contributed by atoms with Crippen LogP contribution >= 0.6 is 0 Å². The van der Waals surface area contributed by atoms with Crippen LogP contribution in [0.15, 0.2) is 73.8 Å². The lowest BCUT2D eigenvalue weighted by atomic mass is 9.87. The predicted molar refractivity (Wildman–Crippen MR) is 547 cm³/mol. The summed E-state index contributed by atoms with van der Waals surface area (Å²) in [6, 6.07) is 19.1. The number of fused-ring (bicyclic) bond motifs is 8. The van der Waals surface area contributed by atoms with Gasteiger partial charge in [0.2, 0.25) is 0 Å². The van der Waals surface area contributed by atoms with E-state index in [0.29, 0.717) is 103 Å². The molecule has 0 saturated heterocycles. The van der Waals surface area contributed by atoms with Crippen LogP contribution in [-0.2, 0) is 70.4 Å². The smallest absolute Gasteiger partial charge is 0.330 e. The number of carbonyl (C=O) groups excluding carboxylic acids is 2. The van der Waals surface area contributed by atoms with Gasteiger partial charge in [-0.3, -0.25) is 0 Å². The molecule has 0 fully saturated rings. The Kier molecular flexibility index (Phi) is 70.5. The summed E-state index contributed by atoms with van der Waals surface area (Å²) in [5.74, 6) is 2.88. The van der Waals surface area contributed by atoms with Gasteiger partial charge >= 0.3 is 11.9 Å². The van der Waals surface area contributed by atoms with E-state index >= 15 is 0 Å². The Hall–Kier alpha value is -5.58. The summed E-state index contributed by atoms with van der Waals surface area (Å²) >= 11 is 0. The minimum atomic E-state index is -0.409. The molecule has 728 valence electrons. The summed E-state index contributed by atoms with van der Waals surface area (Å²) in [6.45, 7) is 19.8. The Labute approximate surface area is 787 Å². The molecule has 0 saturated carbocycles. The molecule has 8 bridgehead atoms. The molecule has 4 aromatic carbocycles. The minimum absolute atomic E-state index is 0.0883. The van der Waals surface area contributed by atoms with Crippen molar-refractivity contribution in [1.29, 1.82) is 0 Å². The topological polar surface area (TPSA) is 130 Å². The van der Waals surface area contributed by atoms with E-state index in [1.54, 1.807) is 0 Å². The molecule has 10 heteroatoms. The number of aryl methyl sites for hydroxylation is 4. The highest BCUT2D eigenvalue weighted by atomic mass is 16.5. The van der Waals surface area contributed by atoms with Gasteiger partial charge in [0.25, 0.3) is 0 Å². The summed E-state index contributed by atoms with van der Waals surface area (Å²) in [4.78, 5) is 25.3. The maximum Gasteiger partial charge on any atom is 0.330 e. The molecule has 0 amide bonds. The van der Waals surface area contributed by atoms with Crippen molar-refractivity contribution in [3.63, 3.8) is 0 Å². The summed E-state index contributed by atoms with van der Waals surface area (Å²) in [5.41, 5.74) is 13.5. The van der Waals surface area contributed by atoms with Gasteiger partial charge < -0.3 is 38.6 Å². The number of aliphatic hydroxyl groups is 2. The van der Waals surface area contributed by atoms with E-state index in [1.807, 2.05) is 0 Å². The fraction of sp³-hybridized carbons (Fsp3) is 0.746. The van der Waals surface area contributed by atoms with Gasteiger partial charge in [-0.1, -0.05) is 475 Å². The highest BCUT2D eigenvalue weighted by Crippen LogP contribution is 2.43. The largest absolute Gasteiger partial charge is 0.493 e. The molecule has 1 aliphatic rings. The van der Waals surface area contributed by atoms with Crippen LogP contribution in [0.4, 0.5) is 0 Å². The Morgan fingerprint density at radius 2 is 0.375 bits per heavy atom. The van der Waals surface area contributed by atoms with Crippen molar-refractivity contribution in [1.82, 2.24) is 0 Å². The van der Waals surface area contributed by atoms with E-state index in [2.05, 4.69) is 89.4 Å². The Bertz CT molecular complexity index is 3050. The number of benzene rings is 4. The van der Waals surface area contributed by atoms with Crippen molar-refractivity contribution in [3.8, 4) is 23.0 Å². The van der Waals surface area contributed by atoms with Gasteiger partial charge in [-0.25, -0.2) is 9.59 Å². The normalized spacial score (nSPS) is 12.0. The summed E-state index contributed by atoms with van der Waals surface area (Å²) in [6.07, 6.45) is 93.6. The number of aliphatic hydroxyl groups excluding tert-OH is 2. The molecule has 0 spiro atoms. The monoisotopic (exact) mass is 1770 g/mol. The van der Waals surface area contributed by atoms with Crippen molar-refractivity contribution in [3.05, 3.63) is 141 Å². The molecule has 0 heterocycles. The maximum absolute atomic E-state index is 12.6. The predicted octanol–water partition coefficient (Wildman–Crippen LogP) is 34.1. The van der Waals surface area contributed by atoms with Gasteiger partial charge in [-0.2, -0.15) is 0 Å². The van der Waals surface area contributed by atoms with Crippen molar-refractivity contribution in [2.24, 2.45) is 0 Å². The average Bonchev–Trinajstić information content (AvgIpc) is 0.772. The molecule has 10 nitrogen and oxygen atoms in total. The third-order valence-electron chi connectivity index (χ3n) is 27.0. The third kappa shape index (κ3) is 55.2. The number of hydrogen-bond acceptors (Lipinski definition) is 10. The van der Waals surface area contributed by atoms with Crippen LogP contribution < -0.4 is 18.9 Å². The molecule has 0 unspecified atom stereocenters. The van der Waals surface area contributed by atoms with Gasteiger partial charge in [0.15, 0.2) is 0 Å². The Balaban J connectivity index is 1.63. The first-order valence-corrected chi connectivity index (χ1v) is 55.1. The second-order valence-corrected chi connectivity index (χ2v) is 38.9. The fourth-order valence-electron chi connectivity index (χ4n) is 19.4. The number of unbranched alkanes of at least 4 members (excludes halogenated alkanes) is 60. The highest BCUT2D eigenvalue weighted by Gasteiger charge is 2.26. The van der Waals surface area contributed by atoms with Crippen LogP contribution in [-0.4, -0.2) is 75.0 Å². The van der Waals surface area contributed by atoms with Gasteiger partial charge in [0, 0.05) is 51.0 Å². The zero-order valence-electron chi connectivity index (χ0n) is 83.7. The highest BCUT2D eigenvalue weighted by molar-refractivity contribution is 5.81. The first kappa shape index (κ1) is 113. The molecule has 0 radical (unpaired) electrons. The lowest BCUT2D eigenvalue weighted by Gasteiger charge is -2.25. The third-order valence-corrected chi connectivity index (χ3v) is 27.0. The van der Waals surface area contributed by atoms with Crippen LogP contribution in [0.25, 0.3) is 0 Å². The second kappa shape index (κ2) is 79.9. The molecular formula is C118H196O10. The van der Waals surface area contributed by atoms with Crippen LogP contribution in [0.2, 0.25) is 0 Å².